The van der Waals surface area contributed by atoms with Crippen LogP contribution in [0.3, 0.4) is 0 Å². The number of nitrogens with zero attached hydrogens (tertiary/aromatic N) is 3. The third kappa shape index (κ3) is 7.85. The summed E-state index contributed by atoms with van der Waals surface area (Å²) in [5.74, 6) is 0.0204. The molecule has 0 bridgehead atoms. The van der Waals surface area contributed by atoms with Crippen LogP contribution in [0, 0.1) is 17.8 Å². The van der Waals surface area contributed by atoms with Crippen molar-refractivity contribution < 1.29 is 32.8 Å². The molecular weight excluding hydrogens is 627 g/mol. The van der Waals surface area contributed by atoms with E-state index in [-0.39, 0.29) is 35.2 Å². The van der Waals surface area contributed by atoms with E-state index in [1.54, 1.807) is 0 Å². The summed E-state index contributed by atoms with van der Waals surface area (Å²) in [5.41, 5.74) is 11.7. The zero-order chi connectivity index (χ0) is 34.6. The zero-order valence-electron chi connectivity index (χ0n) is 30.0. The molecule has 0 amide bonds. The summed E-state index contributed by atoms with van der Waals surface area (Å²) in [5, 5.41) is 4.20. The zero-order valence-corrected chi connectivity index (χ0v) is 31.0. The Morgan fingerprint density at radius 1 is 0.938 bits per heavy atom. The van der Waals surface area contributed by atoms with Gasteiger partial charge in [-0.25, -0.2) is 0 Å². The van der Waals surface area contributed by atoms with Gasteiger partial charge in [-0.15, -0.1) is 0 Å². The molecule has 3 aliphatic rings. The van der Waals surface area contributed by atoms with Gasteiger partial charge in [0, 0.05) is 16.4 Å². The van der Waals surface area contributed by atoms with Crippen LogP contribution in [0.5, 0.6) is 0 Å². The fraction of sp³-hybridized carbons (Fsp3) is 0.676. The Kier molecular flexibility index (Phi) is 12.1. The lowest BCUT2D eigenvalue weighted by Crippen LogP contribution is -2.63. The molecule has 0 aromatic heterocycles. The average molecular weight is 682 g/mol. The first-order valence-corrected chi connectivity index (χ1v) is 20.4. The molecule has 0 N–H and O–H groups in total. The van der Waals surface area contributed by atoms with Crippen LogP contribution < -0.4 is 0 Å². The van der Waals surface area contributed by atoms with E-state index >= 15 is 0 Å². The van der Waals surface area contributed by atoms with Crippen LogP contribution in [0.25, 0.3) is 10.4 Å². The van der Waals surface area contributed by atoms with Crippen molar-refractivity contribution in [2.75, 3.05) is 6.61 Å². The molecule has 5 unspecified atom stereocenters. The first-order valence-electron chi connectivity index (χ1n) is 17.5. The van der Waals surface area contributed by atoms with Crippen LogP contribution in [0.4, 0.5) is 0 Å². The molecule has 5 rings (SSSR count). The van der Waals surface area contributed by atoms with E-state index in [4.69, 9.17) is 32.8 Å². The highest BCUT2D eigenvalue weighted by Gasteiger charge is 2.54. The van der Waals surface area contributed by atoms with E-state index in [1.165, 1.54) is 0 Å². The van der Waals surface area contributed by atoms with E-state index in [2.05, 4.69) is 83.7 Å². The number of hydrogen-bond donors (Lipinski definition) is 0. The lowest BCUT2D eigenvalue weighted by atomic mass is 9.87. The Balaban J connectivity index is 1.37. The smallest absolute Gasteiger partial charge is 0.196 e. The van der Waals surface area contributed by atoms with Gasteiger partial charge in [0.25, 0.3) is 0 Å². The molecule has 0 spiro atoms. The Bertz CT molecular complexity index is 1360. The molecule has 3 heterocycles. The molecule has 10 nitrogen and oxygen atoms in total. The Morgan fingerprint density at radius 3 is 2.23 bits per heavy atom. The van der Waals surface area contributed by atoms with E-state index < -0.39 is 45.4 Å². The van der Waals surface area contributed by atoms with E-state index in [0.29, 0.717) is 25.6 Å². The number of ether oxygens (including phenoxy) is 6. The highest BCUT2D eigenvalue weighted by atomic mass is 28.4. The van der Waals surface area contributed by atoms with Gasteiger partial charge in [-0.05, 0) is 47.5 Å². The summed E-state index contributed by atoms with van der Waals surface area (Å²) in [4.78, 5) is 3.23. The highest BCUT2D eigenvalue weighted by molar-refractivity contribution is 6.74. The van der Waals surface area contributed by atoms with Gasteiger partial charge >= 0.3 is 0 Å². The molecule has 2 aromatic carbocycles. The molecule has 3 fully saturated rings. The molecule has 3 saturated heterocycles. The van der Waals surface area contributed by atoms with Crippen LogP contribution in [0.15, 0.2) is 65.8 Å². The Hall–Kier alpha value is -2.31. The molecule has 3 aliphatic heterocycles. The molecule has 48 heavy (non-hydrogen) atoms. The number of rotatable bonds is 12. The van der Waals surface area contributed by atoms with Crippen molar-refractivity contribution in [3.8, 4) is 0 Å². The summed E-state index contributed by atoms with van der Waals surface area (Å²) >= 11 is 0. The Labute approximate surface area is 287 Å². The van der Waals surface area contributed by atoms with Crippen molar-refractivity contribution >= 4 is 8.32 Å². The summed E-state index contributed by atoms with van der Waals surface area (Å²) in [6, 6.07) is 19.5. The van der Waals surface area contributed by atoms with Gasteiger partial charge in [0.15, 0.2) is 27.2 Å². The van der Waals surface area contributed by atoms with E-state index in [1.807, 2.05) is 48.5 Å². The molecular formula is C37H55N3O7Si. The molecule has 11 heteroatoms. The quantitative estimate of drug-likeness (QED) is 0.0955. The summed E-state index contributed by atoms with van der Waals surface area (Å²) < 4.78 is 46.5. The minimum Gasteiger partial charge on any atom is -0.392 e. The second-order valence-electron chi connectivity index (χ2n) is 15.0. The minimum atomic E-state index is -2.31. The van der Waals surface area contributed by atoms with E-state index in [9.17, 15) is 5.53 Å². The lowest BCUT2D eigenvalue weighted by molar-refractivity contribution is -0.372. The minimum absolute atomic E-state index is 0.0318. The van der Waals surface area contributed by atoms with E-state index in [0.717, 1.165) is 11.1 Å². The second-order valence-corrected chi connectivity index (χ2v) is 19.5. The average Bonchev–Trinajstić information content (AvgIpc) is 3.07. The normalized spacial score (nSPS) is 34.3. The Morgan fingerprint density at radius 2 is 1.60 bits per heavy atom. The SMILES string of the molecule is CCC1O[C@@H](O[Si](C)(C)C(C)(C)C(C)C)C(N=[N+]=[N-])[C@@H](C)[C@@H]1O[C@@H]1OC2COC(c3ccccc3)O[C@H]2C(OCc2ccccc2)[C@@H]1C. The van der Waals surface area contributed by atoms with Crippen molar-refractivity contribution in [3.05, 3.63) is 82.2 Å². The molecule has 0 aliphatic carbocycles. The van der Waals surface area contributed by atoms with Crippen molar-refractivity contribution in [3.63, 3.8) is 0 Å². The van der Waals surface area contributed by atoms with Gasteiger partial charge in [0.2, 0.25) is 0 Å². The van der Waals surface area contributed by atoms with Gasteiger partial charge in [-0.1, -0.05) is 114 Å². The fourth-order valence-electron chi connectivity index (χ4n) is 6.92. The fourth-order valence-corrected chi connectivity index (χ4v) is 9.39. The number of azide groups is 1. The number of hydrogen-bond acceptors (Lipinski definition) is 8. The maximum atomic E-state index is 9.64. The third-order valence-corrected chi connectivity index (χ3v) is 15.8. The van der Waals surface area contributed by atoms with Crippen LogP contribution in [0.1, 0.15) is 72.3 Å². The standard InChI is InChI=1S/C37H55N3O7Si/c1-10-28-31(24(4)30(39-40-38)36(43-28)47-48(8,9)37(6,7)23(2)3)45-34-25(5)32(41-21-26-17-13-11-14-18-26)33-29(44-34)22-42-35(46-33)27-19-15-12-16-20-27/h11-20,23-25,28-36H,10,21-22H2,1-9H3/t24-,25+,28?,29?,30?,31+,32?,33-,34+,35?,36+/m1/s1. The van der Waals surface area contributed by atoms with Crippen molar-refractivity contribution in [2.24, 2.45) is 22.9 Å². The largest absolute Gasteiger partial charge is 0.392 e. The predicted molar refractivity (Wildman–Crippen MR) is 186 cm³/mol. The van der Waals surface area contributed by atoms with Gasteiger partial charge in [0.1, 0.15) is 12.2 Å². The monoisotopic (exact) mass is 681 g/mol. The van der Waals surface area contributed by atoms with Crippen molar-refractivity contribution in [1.29, 1.82) is 0 Å². The topological polar surface area (TPSA) is 113 Å². The summed E-state index contributed by atoms with van der Waals surface area (Å²) in [6.45, 7) is 20.4. The molecule has 11 atom stereocenters. The molecule has 264 valence electrons. The first kappa shape index (κ1) is 37.0. The summed E-state index contributed by atoms with van der Waals surface area (Å²) in [6.07, 6.45) is -2.92. The van der Waals surface area contributed by atoms with Gasteiger partial charge in [-0.2, -0.15) is 0 Å². The second kappa shape index (κ2) is 15.7. The van der Waals surface area contributed by atoms with Crippen LogP contribution in [-0.4, -0.2) is 64.1 Å². The van der Waals surface area contributed by atoms with Gasteiger partial charge in [-0.3, -0.25) is 0 Å². The van der Waals surface area contributed by atoms with Crippen LogP contribution in [0.2, 0.25) is 18.1 Å². The molecule has 0 radical (unpaired) electrons. The third-order valence-electron chi connectivity index (χ3n) is 11.3. The first-order chi connectivity index (χ1) is 22.9. The summed E-state index contributed by atoms with van der Waals surface area (Å²) in [7, 11) is -2.31. The maximum absolute atomic E-state index is 9.64. The highest BCUT2D eigenvalue weighted by Crippen LogP contribution is 2.47. The molecule has 2 aromatic rings. The van der Waals surface area contributed by atoms with Crippen LogP contribution in [-0.2, 0) is 39.5 Å². The lowest BCUT2D eigenvalue weighted by Gasteiger charge is -2.52. The maximum Gasteiger partial charge on any atom is 0.196 e. The van der Waals surface area contributed by atoms with Crippen molar-refractivity contribution in [2.45, 2.75) is 135 Å². The predicted octanol–water partition coefficient (Wildman–Crippen LogP) is 8.54. The van der Waals surface area contributed by atoms with Crippen LogP contribution >= 0.6 is 0 Å². The van der Waals surface area contributed by atoms with Gasteiger partial charge in [0.05, 0.1) is 37.6 Å². The van der Waals surface area contributed by atoms with Crippen molar-refractivity contribution in [1.82, 2.24) is 0 Å². The molecule has 0 saturated carbocycles. The number of fused-ring (bicyclic) bond motifs is 1. The van der Waals surface area contributed by atoms with Gasteiger partial charge < -0.3 is 32.8 Å². The number of benzene rings is 2.